The Labute approximate surface area is 140 Å². The third-order valence-electron chi connectivity index (χ3n) is 4.59. The van der Waals surface area contributed by atoms with Gasteiger partial charge in [0.25, 0.3) is 0 Å². The Balaban J connectivity index is 1.91. The lowest BCUT2D eigenvalue weighted by atomic mass is 9.86. The molecule has 1 atom stereocenters. The third-order valence-corrected chi connectivity index (χ3v) is 4.59. The molecule has 0 aromatic heterocycles. The number of piperidine rings is 1. The molecule has 1 aliphatic rings. The standard InChI is InChI=1S/C19H30N2O2/c1-13-6-7-14(2)16(12-13)23-15-8-10-21(11-9-15)18(22)17(20)19(3,4)5/h6-7,12,15,17H,8-11,20H2,1-5H3/t17-/m1/s1. The van der Waals surface area contributed by atoms with E-state index in [0.717, 1.165) is 37.2 Å². The van der Waals surface area contributed by atoms with Crippen LogP contribution in [-0.4, -0.2) is 36.0 Å². The summed E-state index contributed by atoms with van der Waals surface area (Å²) >= 11 is 0. The van der Waals surface area contributed by atoms with Crippen LogP contribution in [0.15, 0.2) is 18.2 Å². The normalized spacial score (nSPS) is 17.9. The maximum absolute atomic E-state index is 12.5. The van der Waals surface area contributed by atoms with E-state index in [0.29, 0.717) is 0 Å². The Hall–Kier alpha value is -1.55. The number of aryl methyl sites for hydroxylation is 2. The van der Waals surface area contributed by atoms with Crippen molar-refractivity contribution in [3.63, 3.8) is 0 Å². The predicted octanol–water partition coefficient (Wildman–Crippen LogP) is 3.05. The molecule has 23 heavy (non-hydrogen) atoms. The highest BCUT2D eigenvalue weighted by atomic mass is 16.5. The van der Waals surface area contributed by atoms with E-state index >= 15 is 0 Å². The monoisotopic (exact) mass is 318 g/mol. The van der Waals surface area contributed by atoms with Crippen molar-refractivity contribution < 1.29 is 9.53 Å². The Morgan fingerprint density at radius 3 is 2.43 bits per heavy atom. The summed E-state index contributed by atoms with van der Waals surface area (Å²) in [6.07, 6.45) is 1.89. The summed E-state index contributed by atoms with van der Waals surface area (Å²) < 4.78 is 6.15. The topological polar surface area (TPSA) is 55.6 Å². The lowest BCUT2D eigenvalue weighted by Crippen LogP contribution is -2.53. The fraction of sp³-hybridized carbons (Fsp3) is 0.632. The number of nitrogens with two attached hydrogens (primary N) is 1. The second-order valence-electron chi connectivity index (χ2n) is 7.76. The summed E-state index contributed by atoms with van der Waals surface area (Å²) in [5.74, 6) is 1.02. The van der Waals surface area contributed by atoms with Gasteiger partial charge in [-0.2, -0.15) is 0 Å². The maximum Gasteiger partial charge on any atom is 0.240 e. The van der Waals surface area contributed by atoms with Crippen LogP contribution in [0.1, 0.15) is 44.7 Å². The van der Waals surface area contributed by atoms with Gasteiger partial charge in [-0.25, -0.2) is 0 Å². The van der Waals surface area contributed by atoms with Crippen LogP contribution in [0, 0.1) is 19.3 Å². The van der Waals surface area contributed by atoms with E-state index in [4.69, 9.17) is 10.5 Å². The quantitative estimate of drug-likeness (QED) is 0.932. The molecular weight excluding hydrogens is 288 g/mol. The van der Waals surface area contributed by atoms with Gasteiger partial charge in [-0.05, 0) is 36.5 Å². The molecule has 0 bridgehead atoms. The van der Waals surface area contributed by atoms with Crippen LogP contribution in [0.3, 0.4) is 0 Å². The third kappa shape index (κ3) is 4.47. The highest BCUT2D eigenvalue weighted by Crippen LogP contribution is 2.25. The van der Waals surface area contributed by atoms with Gasteiger partial charge in [-0.3, -0.25) is 4.79 Å². The van der Waals surface area contributed by atoms with Gasteiger partial charge in [0.1, 0.15) is 11.9 Å². The summed E-state index contributed by atoms with van der Waals surface area (Å²) in [6, 6.07) is 5.82. The van der Waals surface area contributed by atoms with Gasteiger partial charge in [-0.1, -0.05) is 32.9 Å². The molecule has 0 spiro atoms. The summed E-state index contributed by atoms with van der Waals surface area (Å²) in [6.45, 7) is 11.6. The summed E-state index contributed by atoms with van der Waals surface area (Å²) in [7, 11) is 0. The number of carbonyl (C=O) groups is 1. The average Bonchev–Trinajstić information content (AvgIpc) is 2.49. The van der Waals surface area contributed by atoms with Gasteiger partial charge < -0.3 is 15.4 Å². The van der Waals surface area contributed by atoms with Crippen LogP contribution >= 0.6 is 0 Å². The van der Waals surface area contributed by atoms with Crippen molar-refractivity contribution in [3.05, 3.63) is 29.3 Å². The lowest BCUT2D eigenvalue weighted by Gasteiger charge is -2.36. The van der Waals surface area contributed by atoms with E-state index in [1.807, 2.05) is 25.7 Å². The number of carbonyl (C=O) groups excluding carboxylic acids is 1. The van der Waals surface area contributed by atoms with Gasteiger partial charge in [0, 0.05) is 25.9 Å². The molecule has 1 amide bonds. The Morgan fingerprint density at radius 2 is 1.87 bits per heavy atom. The van der Waals surface area contributed by atoms with Crippen LogP contribution in [0.2, 0.25) is 0 Å². The van der Waals surface area contributed by atoms with E-state index < -0.39 is 6.04 Å². The van der Waals surface area contributed by atoms with Crippen molar-refractivity contribution in [3.8, 4) is 5.75 Å². The number of likely N-dealkylation sites (tertiary alicyclic amines) is 1. The van der Waals surface area contributed by atoms with Gasteiger partial charge in [-0.15, -0.1) is 0 Å². The van der Waals surface area contributed by atoms with Crippen molar-refractivity contribution in [1.82, 2.24) is 4.90 Å². The smallest absolute Gasteiger partial charge is 0.240 e. The first kappa shape index (κ1) is 17.8. The minimum Gasteiger partial charge on any atom is -0.490 e. The molecule has 4 nitrogen and oxygen atoms in total. The van der Waals surface area contributed by atoms with Crippen LogP contribution in [0.4, 0.5) is 0 Å². The Bertz CT molecular complexity index is 555. The highest BCUT2D eigenvalue weighted by Gasteiger charge is 2.33. The first-order chi connectivity index (χ1) is 10.7. The van der Waals surface area contributed by atoms with Crippen molar-refractivity contribution in [2.75, 3.05) is 13.1 Å². The van der Waals surface area contributed by atoms with Crippen molar-refractivity contribution in [1.29, 1.82) is 0 Å². The molecule has 1 saturated heterocycles. The number of nitrogens with zero attached hydrogens (tertiary/aromatic N) is 1. The molecule has 1 fully saturated rings. The molecule has 1 aromatic carbocycles. The minimum atomic E-state index is -0.445. The number of hydrogen-bond acceptors (Lipinski definition) is 3. The summed E-state index contributed by atoms with van der Waals surface area (Å²) in [5, 5.41) is 0. The molecule has 2 rings (SSSR count). The summed E-state index contributed by atoms with van der Waals surface area (Å²) in [4.78, 5) is 14.4. The van der Waals surface area contributed by atoms with Gasteiger partial charge >= 0.3 is 0 Å². The van der Waals surface area contributed by atoms with E-state index in [1.54, 1.807) is 0 Å². The van der Waals surface area contributed by atoms with Gasteiger partial charge in [0.15, 0.2) is 0 Å². The lowest BCUT2D eigenvalue weighted by molar-refractivity contribution is -0.136. The van der Waals surface area contributed by atoms with E-state index in [1.165, 1.54) is 5.56 Å². The van der Waals surface area contributed by atoms with Crippen LogP contribution in [0.25, 0.3) is 0 Å². The second-order valence-corrected chi connectivity index (χ2v) is 7.76. The van der Waals surface area contributed by atoms with Crippen LogP contribution in [0.5, 0.6) is 5.75 Å². The molecule has 0 aliphatic carbocycles. The molecule has 0 unspecified atom stereocenters. The van der Waals surface area contributed by atoms with Crippen molar-refractivity contribution >= 4 is 5.91 Å². The van der Waals surface area contributed by atoms with E-state index in [9.17, 15) is 4.79 Å². The number of benzene rings is 1. The van der Waals surface area contributed by atoms with E-state index in [-0.39, 0.29) is 17.4 Å². The molecule has 2 N–H and O–H groups in total. The molecule has 128 valence electrons. The molecule has 0 radical (unpaired) electrons. The SMILES string of the molecule is Cc1ccc(C)c(OC2CCN(C(=O)[C@@H](N)C(C)(C)C)CC2)c1. The predicted molar refractivity (Wildman–Crippen MR) is 93.6 cm³/mol. The maximum atomic E-state index is 12.5. The Kier molecular flexibility index (Phi) is 5.35. The highest BCUT2D eigenvalue weighted by molar-refractivity contribution is 5.82. The molecule has 1 aromatic rings. The van der Waals surface area contributed by atoms with Gasteiger partial charge in [0.05, 0.1) is 6.04 Å². The zero-order chi connectivity index (χ0) is 17.2. The van der Waals surface area contributed by atoms with Gasteiger partial charge in [0.2, 0.25) is 5.91 Å². The number of amides is 1. The average molecular weight is 318 g/mol. The number of rotatable bonds is 3. The van der Waals surface area contributed by atoms with Crippen molar-refractivity contribution in [2.24, 2.45) is 11.1 Å². The zero-order valence-corrected chi connectivity index (χ0v) is 15.1. The first-order valence-electron chi connectivity index (χ1n) is 8.47. The Morgan fingerprint density at radius 1 is 1.26 bits per heavy atom. The molecule has 1 heterocycles. The summed E-state index contributed by atoms with van der Waals surface area (Å²) in [5.41, 5.74) is 8.25. The van der Waals surface area contributed by atoms with Crippen LogP contribution in [-0.2, 0) is 4.79 Å². The van der Waals surface area contributed by atoms with E-state index in [2.05, 4.69) is 32.0 Å². The number of hydrogen-bond donors (Lipinski definition) is 1. The molecule has 4 heteroatoms. The number of ether oxygens (including phenoxy) is 1. The molecule has 0 saturated carbocycles. The molecular formula is C19H30N2O2. The second kappa shape index (κ2) is 6.91. The fourth-order valence-electron chi connectivity index (χ4n) is 2.77. The first-order valence-corrected chi connectivity index (χ1v) is 8.47. The minimum absolute atomic E-state index is 0.0580. The van der Waals surface area contributed by atoms with Crippen LogP contribution < -0.4 is 10.5 Å². The fourth-order valence-corrected chi connectivity index (χ4v) is 2.77. The molecule has 1 aliphatic heterocycles. The zero-order valence-electron chi connectivity index (χ0n) is 15.1. The largest absolute Gasteiger partial charge is 0.490 e. The van der Waals surface area contributed by atoms with Crippen molar-refractivity contribution in [2.45, 2.75) is 59.6 Å².